The molecule has 2 rings (SSSR count). The Bertz CT molecular complexity index is 394. The third kappa shape index (κ3) is 2.66. The van der Waals surface area contributed by atoms with Crippen molar-refractivity contribution >= 4 is 5.97 Å². The van der Waals surface area contributed by atoms with Gasteiger partial charge in [0.25, 0.3) is 0 Å². The maximum Gasteiger partial charge on any atom is 0.307 e. The Morgan fingerprint density at radius 3 is 2.94 bits per heavy atom. The van der Waals surface area contributed by atoms with Gasteiger partial charge in [-0.15, -0.1) is 0 Å². The van der Waals surface area contributed by atoms with E-state index in [0.29, 0.717) is 6.54 Å². The average molecular weight is 237 g/mol. The SMILES string of the molecule is Cc1n[nH]c(C)c1CN1CCCC(C(=O)O)C1. The third-order valence-corrected chi connectivity index (χ3v) is 3.52. The summed E-state index contributed by atoms with van der Waals surface area (Å²) < 4.78 is 0. The van der Waals surface area contributed by atoms with Gasteiger partial charge in [-0.1, -0.05) is 0 Å². The van der Waals surface area contributed by atoms with Crippen LogP contribution in [0.3, 0.4) is 0 Å². The van der Waals surface area contributed by atoms with Crippen molar-refractivity contribution in [3.05, 3.63) is 17.0 Å². The van der Waals surface area contributed by atoms with Gasteiger partial charge in [-0.05, 0) is 33.2 Å². The molecule has 94 valence electrons. The van der Waals surface area contributed by atoms with Crippen LogP contribution in [0.2, 0.25) is 0 Å². The molecule has 0 aliphatic carbocycles. The number of aromatic amines is 1. The number of hydrogen-bond donors (Lipinski definition) is 2. The molecule has 1 aromatic heterocycles. The largest absolute Gasteiger partial charge is 0.481 e. The summed E-state index contributed by atoms with van der Waals surface area (Å²) in [4.78, 5) is 13.2. The predicted octanol–water partition coefficient (Wildman–Crippen LogP) is 1.32. The Morgan fingerprint density at radius 2 is 2.35 bits per heavy atom. The molecular formula is C12H19N3O2. The summed E-state index contributed by atoms with van der Waals surface area (Å²) in [6.45, 7) is 6.43. The minimum absolute atomic E-state index is 0.212. The Balaban J connectivity index is 2.02. The Labute approximate surface area is 101 Å². The topological polar surface area (TPSA) is 69.2 Å². The number of aromatic nitrogens is 2. The second kappa shape index (κ2) is 4.87. The first-order valence-corrected chi connectivity index (χ1v) is 6.03. The van der Waals surface area contributed by atoms with E-state index in [-0.39, 0.29) is 5.92 Å². The van der Waals surface area contributed by atoms with Gasteiger partial charge in [0.1, 0.15) is 0 Å². The number of hydrogen-bond acceptors (Lipinski definition) is 3. The van der Waals surface area contributed by atoms with Gasteiger partial charge in [0.2, 0.25) is 0 Å². The zero-order chi connectivity index (χ0) is 12.4. The van der Waals surface area contributed by atoms with Crippen molar-refractivity contribution in [3.8, 4) is 0 Å². The van der Waals surface area contributed by atoms with Gasteiger partial charge in [0, 0.05) is 24.3 Å². The lowest BCUT2D eigenvalue weighted by molar-refractivity contribution is -0.143. The van der Waals surface area contributed by atoms with E-state index in [0.717, 1.165) is 37.3 Å². The quantitative estimate of drug-likeness (QED) is 0.832. The number of carbonyl (C=O) groups is 1. The summed E-state index contributed by atoms with van der Waals surface area (Å²) in [6, 6.07) is 0. The maximum absolute atomic E-state index is 11.0. The summed E-state index contributed by atoms with van der Waals surface area (Å²) in [6.07, 6.45) is 1.77. The van der Waals surface area contributed by atoms with Gasteiger partial charge < -0.3 is 5.11 Å². The van der Waals surface area contributed by atoms with E-state index in [1.807, 2.05) is 13.8 Å². The molecule has 0 amide bonds. The summed E-state index contributed by atoms with van der Waals surface area (Å²) in [5.74, 6) is -0.883. The molecule has 1 atom stereocenters. The lowest BCUT2D eigenvalue weighted by Gasteiger charge is -2.30. The average Bonchev–Trinajstić information content (AvgIpc) is 2.61. The summed E-state index contributed by atoms with van der Waals surface area (Å²) in [7, 11) is 0. The molecule has 0 aromatic carbocycles. The van der Waals surface area contributed by atoms with E-state index in [1.165, 1.54) is 5.56 Å². The van der Waals surface area contributed by atoms with Crippen LogP contribution >= 0.6 is 0 Å². The lowest BCUT2D eigenvalue weighted by atomic mass is 9.98. The number of carboxylic acids is 1. The molecule has 0 spiro atoms. The Morgan fingerprint density at radius 1 is 1.59 bits per heavy atom. The maximum atomic E-state index is 11.0. The molecule has 1 fully saturated rings. The second-order valence-corrected chi connectivity index (χ2v) is 4.83. The molecule has 0 bridgehead atoms. The van der Waals surface area contributed by atoms with E-state index in [2.05, 4.69) is 15.1 Å². The van der Waals surface area contributed by atoms with Gasteiger partial charge in [-0.25, -0.2) is 0 Å². The van der Waals surface area contributed by atoms with Crippen LogP contribution < -0.4 is 0 Å². The van der Waals surface area contributed by atoms with E-state index < -0.39 is 5.97 Å². The van der Waals surface area contributed by atoms with Crippen LogP contribution in [0.5, 0.6) is 0 Å². The highest BCUT2D eigenvalue weighted by molar-refractivity contribution is 5.70. The van der Waals surface area contributed by atoms with Crippen LogP contribution in [-0.2, 0) is 11.3 Å². The zero-order valence-corrected chi connectivity index (χ0v) is 10.4. The Kier molecular flexibility index (Phi) is 3.47. The van der Waals surface area contributed by atoms with Crippen LogP contribution in [0.1, 0.15) is 29.8 Å². The van der Waals surface area contributed by atoms with Crippen LogP contribution in [0.4, 0.5) is 0 Å². The Hall–Kier alpha value is -1.36. The fourth-order valence-corrected chi connectivity index (χ4v) is 2.43. The minimum atomic E-state index is -0.671. The fourth-order valence-electron chi connectivity index (χ4n) is 2.43. The van der Waals surface area contributed by atoms with Gasteiger partial charge in [-0.2, -0.15) is 5.10 Å². The summed E-state index contributed by atoms with van der Waals surface area (Å²) >= 11 is 0. The number of carboxylic acid groups (broad SMARTS) is 1. The molecule has 5 heteroatoms. The first-order valence-electron chi connectivity index (χ1n) is 6.03. The van der Waals surface area contributed by atoms with Gasteiger partial charge in [0.05, 0.1) is 11.6 Å². The van der Waals surface area contributed by atoms with E-state index in [4.69, 9.17) is 5.11 Å². The van der Waals surface area contributed by atoms with E-state index in [9.17, 15) is 4.79 Å². The molecule has 5 nitrogen and oxygen atoms in total. The van der Waals surface area contributed by atoms with E-state index in [1.54, 1.807) is 0 Å². The van der Waals surface area contributed by atoms with Crippen LogP contribution in [0, 0.1) is 19.8 Å². The van der Waals surface area contributed by atoms with Gasteiger partial charge in [-0.3, -0.25) is 14.8 Å². The van der Waals surface area contributed by atoms with Crippen LogP contribution in [0.25, 0.3) is 0 Å². The molecule has 0 saturated carbocycles. The zero-order valence-electron chi connectivity index (χ0n) is 10.4. The molecule has 2 N–H and O–H groups in total. The van der Waals surface area contributed by atoms with Crippen molar-refractivity contribution in [3.63, 3.8) is 0 Å². The molecule has 1 saturated heterocycles. The normalized spacial score (nSPS) is 21.6. The van der Waals surface area contributed by atoms with Crippen molar-refractivity contribution in [2.75, 3.05) is 13.1 Å². The third-order valence-electron chi connectivity index (χ3n) is 3.52. The molecule has 1 unspecified atom stereocenters. The second-order valence-electron chi connectivity index (χ2n) is 4.83. The molecule has 1 aliphatic heterocycles. The van der Waals surface area contributed by atoms with Gasteiger partial charge >= 0.3 is 5.97 Å². The van der Waals surface area contributed by atoms with Crippen molar-refractivity contribution in [1.29, 1.82) is 0 Å². The number of H-pyrrole nitrogens is 1. The monoisotopic (exact) mass is 237 g/mol. The number of likely N-dealkylation sites (tertiary alicyclic amines) is 1. The highest BCUT2D eigenvalue weighted by Gasteiger charge is 2.26. The number of piperidine rings is 1. The highest BCUT2D eigenvalue weighted by Crippen LogP contribution is 2.20. The standard InChI is InChI=1S/C12H19N3O2/c1-8-11(9(2)14-13-8)7-15-5-3-4-10(6-15)12(16)17/h10H,3-7H2,1-2H3,(H,13,14)(H,16,17). The highest BCUT2D eigenvalue weighted by atomic mass is 16.4. The summed E-state index contributed by atoms with van der Waals surface area (Å²) in [5, 5.41) is 16.2. The molecule has 0 radical (unpaired) electrons. The minimum Gasteiger partial charge on any atom is -0.481 e. The summed E-state index contributed by atoms with van der Waals surface area (Å²) in [5.41, 5.74) is 3.30. The first kappa shape index (κ1) is 12.1. The molecule has 2 heterocycles. The van der Waals surface area contributed by atoms with Crippen molar-refractivity contribution in [1.82, 2.24) is 15.1 Å². The first-order chi connectivity index (χ1) is 8.08. The molecule has 1 aromatic rings. The molecule has 17 heavy (non-hydrogen) atoms. The predicted molar refractivity (Wildman–Crippen MR) is 63.7 cm³/mol. The number of nitrogens with zero attached hydrogens (tertiary/aromatic N) is 2. The van der Waals surface area contributed by atoms with Gasteiger partial charge in [0.15, 0.2) is 0 Å². The number of nitrogens with one attached hydrogen (secondary N) is 1. The molecule has 1 aliphatic rings. The lowest BCUT2D eigenvalue weighted by Crippen LogP contribution is -2.38. The van der Waals surface area contributed by atoms with Crippen molar-refractivity contribution in [2.45, 2.75) is 33.2 Å². The van der Waals surface area contributed by atoms with E-state index >= 15 is 0 Å². The molecular weight excluding hydrogens is 218 g/mol. The smallest absolute Gasteiger partial charge is 0.307 e. The van der Waals surface area contributed by atoms with Crippen molar-refractivity contribution in [2.24, 2.45) is 5.92 Å². The number of rotatable bonds is 3. The number of aliphatic carboxylic acids is 1. The van der Waals surface area contributed by atoms with Crippen molar-refractivity contribution < 1.29 is 9.90 Å². The van der Waals surface area contributed by atoms with Crippen LogP contribution in [-0.4, -0.2) is 39.3 Å². The number of aryl methyl sites for hydroxylation is 2. The fraction of sp³-hybridized carbons (Fsp3) is 0.667. The van der Waals surface area contributed by atoms with Crippen LogP contribution in [0.15, 0.2) is 0 Å².